The number of hydrogen-bond donors (Lipinski definition) is 2. The molecule has 0 unspecified atom stereocenters. The molecule has 3 aromatic carbocycles. The van der Waals surface area contributed by atoms with Crippen molar-refractivity contribution in [3.05, 3.63) is 88.7 Å². The summed E-state index contributed by atoms with van der Waals surface area (Å²) in [5, 5.41) is 6.36. The molecule has 2 N–H and O–H groups in total. The van der Waals surface area contributed by atoms with Crippen LogP contribution in [0, 0.1) is 0 Å². The van der Waals surface area contributed by atoms with E-state index in [9.17, 15) is 4.79 Å². The quantitative estimate of drug-likeness (QED) is 0.410. The summed E-state index contributed by atoms with van der Waals surface area (Å²) in [6.45, 7) is 0. The minimum absolute atomic E-state index is 0.255. The van der Waals surface area contributed by atoms with Crippen molar-refractivity contribution in [3.8, 4) is 17.0 Å². The van der Waals surface area contributed by atoms with Crippen molar-refractivity contribution in [2.45, 2.75) is 0 Å². The van der Waals surface area contributed by atoms with E-state index in [2.05, 4.69) is 20.5 Å². The first kappa shape index (κ1) is 17.5. The van der Waals surface area contributed by atoms with Crippen LogP contribution in [0.4, 0.5) is 5.95 Å². The summed E-state index contributed by atoms with van der Waals surface area (Å²) in [5.41, 5.74) is 4.83. The fourth-order valence-electron chi connectivity index (χ4n) is 3.01. The van der Waals surface area contributed by atoms with Crippen molar-refractivity contribution in [2.75, 3.05) is 12.5 Å². The first-order valence-corrected chi connectivity index (χ1v) is 8.76. The van der Waals surface area contributed by atoms with E-state index in [1.807, 2.05) is 66.7 Å². The highest BCUT2D eigenvalue weighted by atomic mass is 16.5. The molecule has 4 aromatic rings. The van der Waals surface area contributed by atoms with Gasteiger partial charge in [0.1, 0.15) is 5.75 Å². The lowest BCUT2D eigenvalue weighted by molar-refractivity contribution is 0.415. The number of anilines is 1. The number of H-pyrrole nitrogens is 1. The number of nitrogens with zero attached hydrogens (tertiary/aromatic N) is 2. The van der Waals surface area contributed by atoms with Crippen LogP contribution in [0.3, 0.4) is 0 Å². The predicted molar refractivity (Wildman–Crippen MR) is 112 cm³/mol. The van der Waals surface area contributed by atoms with Gasteiger partial charge in [-0.2, -0.15) is 5.10 Å². The zero-order valence-corrected chi connectivity index (χ0v) is 15.2. The molecule has 0 atom stereocenters. The van der Waals surface area contributed by atoms with Crippen molar-refractivity contribution in [3.63, 3.8) is 0 Å². The van der Waals surface area contributed by atoms with Gasteiger partial charge in [0.25, 0.3) is 5.56 Å². The standard InChI is InChI=1S/C22H18N4O2/c1-28-20-12-11-15-7-5-6-10-17(15)18(20)14-23-26-22-24-19(13-21(27)25-22)16-8-3-2-4-9-16/h2-14H,1H3,(H2,24,25,26,27)/b23-14-. The highest BCUT2D eigenvalue weighted by Crippen LogP contribution is 2.26. The zero-order valence-electron chi connectivity index (χ0n) is 15.2. The first-order valence-electron chi connectivity index (χ1n) is 8.76. The zero-order chi connectivity index (χ0) is 19.3. The smallest absolute Gasteiger partial charge is 0.252 e. The third kappa shape index (κ3) is 3.61. The van der Waals surface area contributed by atoms with Crippen molar-refractivity contribution < 1.29 is 4.74 Å². The van der Waals surface area contributed by atoms with E-state index in [-0.39, 0.29) is 11.5 Å². The van der Waals surface area contributed by atoms with E-state index in [1.54, 1.807) is 13.3 Å². The minimum Gasteiger partial charge on any atom is -0.496 e. The van der Waals surface area contributed by atoms with Gasteiger partial charge in [-0.05, 0) is 16.8 Å². The van der Waals surface area contributed by atoms with Gasteiger partial charge in [-0.1, -0.05) is 60.7 Å². The van der Waals surface area contributed by atoms with Crippen LogP contribution in [0.15, 0.2) is 82.7 Å². The lowest BCUT2D eigenvalue weighted by atomic mass is 10.0. The Balaban J connectivity index is 1.65. The molecule has 1 heterocycles. The molecule has 0 amide bonds. The average Bonchev–Trinajstić information content (AvgIpc) is 2.74. The largest absolute Gasteiger partial charge is 0.496 e. The van der Waals surface area contributed by atoms with Gasteiger partial charge in [0, 0.05) is 17.2 Å². The van der Waals surface area contributed by atoms with Gasteiger partial charge < -0.3 is 4.74 Å². The lowest BCUT2D eigenvalue weighted by Gasteiger charge is -2.08. The van der Waals surface area contributed by atoms with E-state index in [0.29, 0.717) is 11.4 Å². The molecule has 0 radical (unpaired) electrons. The minimum atomic E-state index is -0.255. The van der Waals surface area contributed by atoms with Gasteiger partial charge in [-0.25, -0.2) is 10.4 Å². The van der Waals surface area contributed by atoms with Crippen LogP contribution >= 0.6 is 0 Å². The Hall–Kier alpha value is -3.93. The molecule has 0 saturated heterocycles. The molecule has 0 aliphatic rings. The molecule has 0 fully saturated rings. The van der Waals surface area contributed by atoms with Crippen molar-refractivity contribution in [1.29, 1.82) is 0 Å². The second kappa shape index (κ2) is 7.75. The van der Waals surface area contributed by atoms with Crippen molar-refractivity contribution in [2.24, 2.45) is 5.10 Å². The Morgan fingerprint density at radius 1 is 1.04 bits per heavy atom. The van der Waals surface area contributed by atoms with Crippen LogP contribution in [0.25, 0.3) is 22.0 Å². The summed E-state index contributed by atoms with van der Waals surface area (Å²) in [5.74, 6) is 0.977. The Kier molecular flexibility index (Phi) is 4.84. The average molecular weight is 370 g/mol. The summed E-state index contributed by atoms with van der Waals surface area (Å²) in [7, 11) is 1.62. The molecule has 0 aliphatic heterocycles. The number of nitrogens with one attached hydrogen (secondary N) is 2. The van der Waals surface area contributed by atoms with Crippen LogP contribution in [-0.4, -0.2) is 23.3 Å². The molecule has 0 bridgehead atoms. The number of ether oxygens (including phenoxy) is 1. The van der Waals surface area contributed by atoms with Gasteiger partial charge in [-0.3, -0.25) is 9.78 Å². The molecule has 0 saturated carbocycles. The first-order chi connectivity index (χ1) is 13.7. The summed E-state index contributed by atoms with van der Waals surface area (Å²) in [4.78, 5) is 19.1. The molecule has 6 heteroatoms. The Bertz CT molecular complexity index is 1200. The van der Waals surface area contributed by atoms with E-state index >= 15 is 0 Å². The Morgan fingerprint density at radius 2 is 1.82 bits per heavy atom. The second-order valence-corrected chi connectivity index (χ2v) is 6.12. The molecular formula is C22H18N4O2. The van der Waals surface area contributed by atoms with Gasteiger partial charge in [-0.15, -0.1) is 0 Å². The molecule has 138 valence electrons. The molecule has 0 aliphatic carbocycles. The summed E-state index contributed by atoms with van der Waals surface area (Å²) < 4.78 is 5.46. The number of benzene rings is 3. The summed E-state index contributed by atoms with van der Waals surface area (Å²) >= 11 is 0. The van der Waals surface area contributed by atoms with Gasteiger partial charge in [0.05, 0.1) is 19.0 Å². The molecule has 6 nitrogen and oxygen atoms in total. The molecule has 1 aromatic heterocycles. The van der Waals surface area contributed by atoms with E-state index < -0.39 is 0 Å². The fraction of sp³-hybridized carbons (Fsp3) is 0.0455. The number of hydrazone groups is 1. The fourth-order valence-corrected chi connectivity index (χ4v) is 3.01. The SMILES string of the molecule is COc1ccc2ccccc2c1/C=N\Nc1nc(-c2ccccc2)cc(=O)[nH]1. The number of aromatic nitrogens is 2. The lowest BCUT2D eigenvalue weighted by Crippen LogP contribution is -2.10. The van der Waals surface area contributed by atoms with Crippen LogP contribution in [0.5, 0.6) is 5.75 Å². The predicted octanol–water partition coefficient (Wildman–Crippen LogP) is 4.04. The molecule has 4 rings (SSSR count). The van der Waals surface area contributed by atoms with Crippen LogP contribution in [0.2, 0.25) is 0 Å². The highest BCUT2D eigenvalue weighted by Gasteiger charge is 2.06. The third-order valence-electron chi connectivity index (χ3n) is 4.33. The highest BCUT2D eigenvalue weighted by molar-refractivity contribution is 6.02. The second-order valence-electron chi connectivity index (χ2n) is 6.12. The van der Waals surface area contributed by atoms with Crippen molar-refractivity contribution >= 4 is 22.9 Å². The van der Waals surface area contributed by atoms with Gasteiger partial charge in [0.2, 0.25) is 5.95 Å². The van der Waals surface area contributed by atoms with Gasteiger partial charge >= 0.3 is 0 Å². The van der Waals surface area contributed by atoms with E-state index in [4.69, 9.17) is 4.74 Å². The van der Waals surface area contributed by atoms with Crippen molar-refractivity contribution in [1.82, 2.24) is 9.97 Å². The number of rotatable bonds is 5. The summed E-state index contributed by atoms with van der Waals surface area (Å²) in [6.07, 6.45) is 1.66. The van der Waals surface area contributed by atoms with Crippen LogP contribution in [0.1, 0.15) is 5.56 Å². The molecule has 0 spiro atoms. The molecular weight excluding hydrogens is 352 g/mol. The normalized spacial score (nSPS) is 11.0. The monoisotopic (exact) mass is 370 g/mol. The molecule has 28 heavy (non-hydrogen) atoms. The number of fused-ring (bicyclic) bond motifs is 1. The van der Waals surface area contributed by atoms with Gasteiger partial charge in [0.15, 0.2) is 0 Å². The summed E-state index contributed by atoms with van der Waals surface area (Å²) in [6, 6.07) is 22.9. The Labute approximate surface area is 161 Å². The maximum Gasteiger partial charge on any atom is 0.252 e. The topological polar surface area (TPSA) is 79.4 Å². The maximum atomic E-state index is 12.0. The van der Waals surface area contributed by atoms with E-state index in [0.717, 1.165) is 21.9 Å². The van der Waals surface area contributed by atoms with Crippen LogP contribution in [-0.2, 0) is 0 Å². The number of methoxy groups -OCH3 is 1. The van der Waals surface area contributed by atoms with E-state index in [1.165, 1.54) is 6.07 Å². The maximum absolute atomic E-state index is 12.0. The number of hydrogen-bond acceptors (Lipinski definition) is 5. The Morgan fingerprint density at radius 3 is 2.64 bits per heavy atom. The number of aromatic amines is 1. The third-order valence-corrected chi connectivity index (χ3v) is 4.33. The van der Waals surface area contributed by atoms with Crippen LogP contribution < -0.4 is 15.7 Å².